The molecule has 2 saturated heterocycles. The van der Waals surface area contributed by atoms with Gasteiger partial charge in [0.25, 0.3) is 5.91 Å². The fourth-order valence-corrected chi connectivity index (χ4v) is 8.99. The van der Waals surface area contributed by atoms with Crippen molar-refractivity contribution >= 4 is 52.5 Å². The zero-order chi connectivity index (χ0) is 27.5. The molecule has 2 aromatic rings. The Hall–Kier alpha value is -3.07. The Morgan fingerprint density at radius 3 is 2.18 bits per heavy atom. The van der Waals surface area contributed by atoms with Crippen molar-refractivity contribution in [1.82, 2.24) is 4.90 Å². The molecule has 3 amide bonds. The molecule has 39 heavy (non-hydrogen) atoms. The predicted molar refractivity (Wildman–Crippen MR) is 154 cm³/mol. The molecule has 4 aliphatic heterocycles. The molecular weight excluding hydrogens is 534 g/mol. The number of fused-ring (bicyclic) bond motifs is 2. The van der Waals surface area contributed by atoms with Crippen LogP contribution in [-0.4, -0.2) is 69.0 Å². The zero-order valence-corrected chi connectivity index (χ0v) is 23.3. The lowest BCUT2D eigenvalue weighted by Crippen LogP contribution is -2.56. The van der Waals surface area contributed by atoms with Crippen LogP contribution >= 0.6 is 23.4 Å². The summed E-state index contributed by atoms with van der Waals surface area (Å²) < 4.78 is -1.67. The van der Waals surface area contributed by atoms with Crippen molar-refractivity contribution in [2.24, 2.45) is 11.8 Å². The predicted octanol–water partition coefficient (Wildman–Crippen LogP) is 3.91. The number of carbonyl (C=O) groups excluding carboxylic acids is 3. The first kappa shape index (κ1) is 26.2. The van der Waals surface area contributed by atoms with Crippen LogP contribution in [0.15, 0.2) is 78.9 Å². The Labute approximate surface area is 237 Å². The van der Waals surface area contributed by atoms with E-state index in [9.17, 15) is 19.5 Å². The molecule has 2 fully saturated rings. The molecule has 202 valence electrons. The van der Waals surface area contributed by atoms with Crippen LogP contribution in [0.2, 0.25) is 5.02 Å². The van der Waals surface area contributed by atoms with Crippen molar-refractivity contribution in [2.75, 3.05) is 29.5 Å². The number of benzene rings is 2. The summed E-state index contributed by atoms with van der Waals surface area (Å²) in [7, 11) is 0. The minimum Gasteiger partial charge on any atom is -0.394 e. The Morgan fingerprint density at radius 2 is 1.51 bits per heavy atom. The molecule has 1 unspecified atom stereocenters. The van der Waals surface area contributed by atoms with Gasteiger partial charge in [0.1, 0.15) is 6.04 Å². The highest BCUT2D eigenvalue weighted by Crippen LogP contribution is 2.66. The quantitative estimate of drug-likeness (QED) is 0.571. The number of hydrogen-bond donors (Lipinski definition) is 1. The number of aliphatic hydroxyl groups is 1. The highest BCUT2D eigenvalue weighted by molar-refractivity contribution is 8.02. The van der Waals surface area contributed by atoms with E-state index < -0.39 is 33.4 Å². The Kier molecular flexibility index (Phi) is 6.40. The maximum absolute atomic E-state index is 14.4. The Morgan fingerprint density at radius 1 is 0.897 bits per heavy atom. The van der Waals surface area contributed by atoms with E-state index in [-0.39, 0.29) is 24.3 Å². The second-order valence-corrected chi connectivity index (χ2v) is 13.0. The molecule has 6 rings (SSSR count). The fourth-order valence-electron chi connectivity index (χ4n) is 6.72. The van der Waals surface area contributed by atoms with Crippen molar-refractivity contribution in [3.05, 3.63) is 83.9 Å². The number of hydrogen-bond acceptors (Lipinski definition) is 5. The molecule has 0 radical (unpaired) electrons. The highest BCUT2D eigenvalue weighted by Gasteiger charge is 2.74. The van der Waals surface area contributed by atoms with Gasteiger partial charge in [-0.15, -0.1) is 11.8 Å². The molecule has 0 aliphatic carbocycles. The van der Waals surface area contributed by atoms with Gasteiger partial charge in [-0.05, 0) is 50.2 Å². The molecular formula is C30H30ClN3O4S. The van der Waals surface area contributed by atoms with Crippen molar-refractivity contribution in [1.29, 1.82) is 0 Å². The lowest BCUT2D eigenvalue weighted by molar-refractivity contribution is -0.141. The number of halogens is 1. The summed E-state index contributed by atoms with van der Waals surface area (Å²) in [6.07, 6.45) is 7.95. The molecule has 6 atom stereocenters. The molecule has 9 heteroatoms. The van der Waals surface area contributed by atoms with Gasteiger partial charge in [-0.1, -0.05) is 54.1 Å². The first-order valence-electron chi connectivity index (χ1n) is 13.1. The van der Waals surface area contributed by atoms with Crippen molar-refractivity contribution in [3.63, 3.8) is 0 Å². The third-order valence-electron chi connectivity index (χ3n) is 8.44. The molecule has 7 nitrogen and oxygen atoms in total. The van der Waals surface area contributed by atoms with Gasteiger partial charge in [0.2, 0.25) is 11.8 Å². The van der Waals surface area contributed by atoms with E-state index in [2.05, 4.69) is 0 Å². The van der Waals surface area contributed by atoms with Gasteiger partial charge in [-0.3, -0.25) is 14.4 Å². The van der Waals surface area contributed by atoms with Gasteiger partial charge >= 0.3 is 0 Å². The topological polar surface area (TPSA) is 81.2 Å². The Balaban J connectivity index is 1.49. The van der Waals surface area contributed by atoms with Crippen molar-refractivity contribution < 1.29 is 19.5 Å². The van der Waals surface area contributed by atoms with Crippen LogP contribution in [0.5, 0.6) is 0 Å². The maximum Gasteiger partial charge on any atom is 0.251 e. The molecule has 0 aromatic heterocycles. The van der Waals surface area contributed by atoms with Crippen molar-refractivity contribution in [3.8, 4) is 0 Å². The SMILES string of the molecule is C[C@H](CO)N1C(=O)[C@@H]2[C@H]3C(=O)N(c4ccccc4)CC=C[C@@]3(C)S[C@@]23C=CCN(c2ccc(Cl)cc2)C(=O)C13. The molecule has 1 N–H and O–H groups in total. The number of aliphatic hydroxyl groups excluding tert-OH is 1. The van der Waals surface area contributed by atoms with Crippen LogP contribution in [-0.2, 0) is 14.4 Å². The third kappa shape index (κ3) is 3.87. The minimum absolute atomic E-state index is 0.131. The summed E-state index contributed by atoms with van der Waals surface area (Å²) >= 11 is 7.64. The van der Waals surface area contributed by atoms with Gasteiger partial charge in [-0.25, -0.2) is 0 Å². The van der Waals surface area contributed by atoms with Gasteiger partial charge in [-0.2, -0.15) is 0 Å². The molecule has 4 heterocycles. The first-order chi connectivity index (χ1) is 18.7. The average Bonchev–Trinajstić information content (AvgIpc) is 3.21. The second kappa shape index (κ2) is 9.54. The minimum atomic E-state index is -0.974. The van der Waals surface area contributed by atoms with Crippen LogP contribution in [0.25, 0.3) is 0 Å². The normalized spacial score (nSPS) is 32.6. The van der Waals surface area contributed by atoms with Gasteiger partial charge in [0.05, 0.1) is 29.2 Å². The van der Waals surface area contributed by atoms with E-state index >= 15 is 0 Å². The van der Waals surface area contributed by atoms with Crippen LogP contribution in [0.3, 0.4) is 0 Å². The van der Waals surface area contributed by atoms with E-state index in [1.54, 1.807) is 41.0 Å². The molecule has 0 saturated carbocycles. The Bertz CT molecular complexity index is 1380. The van der Waals surface area contributed by atoms with E-state index in [0.29, 0.717) is 23.8 Å². The standard InChI is InChI=1S/C30H30ClN3O4S/c1-19(18-35)34-25-28(38)33(22-12-10-20(31)11-13-22)17-7-15-30(25)24(27(34)37)23-26(36)32(21-8-4-3-5-9-21)16-6-14-29(23,2)39-30/h3-15,19,23-25,35H,16-18H2,1-2H3/t19-,23+,24+,25?,29-,30+/m1/s1. The second-order valence-electron chi connectivity index (χ2n) is 10.8. The fraction of sp³-hybridized carbons (Fsp3) is 0.367. The van der Waals surface area contributed by atoms with Crippen LogP contribution < -0.4 is 9.80 Å². The molecule has 4 aliphatic rings. The van der Waals surface area contributed by atoms with Crippen LogP contribution in [0.4, 0.5) is 11.4 Å². The van der Waals surface area contributed by atoms with E-state index in [0.717, 1.165) is 5.69 Å². The lowest BCUT2D eigenvalue weighted by atomic mass is 9.74. The third-order valence-corrected chi connectivity index (χ3v) is 10.5. The van der Waals surface area contributed by atoms with Gasteiger partial charge < -0.3 is 19.8 Å². The summed E-state index contributed by atoms with van der Waals surface area (Å²) in [6, 6.07) is 15.0. The molecule has 0 bridgehead atoms. The maximum atomic E-state index is 14.4. The highest BCUT2D eigenvalue weighted by atomic mass is 35.5. The van der Waals surface area contributed by atoms with Crippen LogP contribution in [0.1, 0.15) is 13.8 Å². The molecule has 2 aromatic carbocycles. The number of carbonyl (C=O) groups is 3. The summed E-state index contributed by atoms with van der Waals surface area (Å²) in [5, 5.41) is 10.7. The number of nitrogens with zero attached hydrogens (tertiary/aromatic N) is 3. The molecule has 1 spiro atoms. The number of anilines is 2. The largest absolute Gasteiger partial charge is 0.394 e. The van der Waals surface area contributed by atoms with Gasteiger partial charge in [0, 0.05) is 34.2 Å². The first-order valence-corrected chi connectivity index (χ1v) is 14.3. The summed E-state index contributed by atoms with van der Waals surface area (Å²) in [4.78, 5) is 48.1. The van der Waals surface area contributed by atoms with Gasteiger partial charge in [0.15, 0.2) is 0 Å². The number of rotatable bonds is 4. The van der Waals surface area contributed by atoms with E-state index in [1.165, 1.54) is 16.7 Å². The zero-order valence-electron chi connectivity index (χ0n) is 21.7. The number of para-hydroxylation sites is 1. The number of amides is 3. The summed E-state index contributed by atoms with van der Waals surface area (Å²) in [5.41, 5.74) is 1.44. The lowest BCUT2D eigenvalue weighted by Gasteiger charge is -2.38. The average molecular weight is 564 g/mol. The van der Waals surface area contributed by atoms with Crippen LogP contribution in [0, 0.1) is 11.8 Å². The monoisotopic (exact) mass is 563 g/mol. The van der Waals surface area contributed by atoms with Crippen molar-refractivity contribution in [2.45, 2.75) is 35.4 Å². The summed E-state index contributed by atoms with van der Waals surface area (Å²) in [5.74, 6) is -2.09. The summed E-state index contributed by atoms with van der Waals surface area (Å²) in [6.45, 7) is 4.18. The number of likely N-dealkylation sites (tertiary alicyclic amines) is 1. The smallest absolute Gasteiger partial charge is 0.251 e. The van der Waals surface area contributed by atoms with E-state index in [4.69, 9.17) is 11.6 Å². The number of thioether (sulfide) groups is 1. The van der Waals surface area contributed by atoms with E-state index in [1.807, 2.05) is 61.6 Å².